The summed E-state index contributed by atoms with van der Waals surface area (Å²) < 4.78 is 38.4. The molecule has 0 unspecified atom stereocenters. The molecular formula is C33H45AuFN2O4PS+2. The van der Waals surface area contributed by atoms with E-state index in [9.17, 15) is 17.1 Å². The minimum atomic E-state index is -5.01. The van der Waals surface area contributed by atoms with E-state index in [2.05, 4.69) is 53.5 Å². The molecule has 0 atom stereocenters. The number of pyridine rings is 1. The molecule has 0 aliphatic heterocycles. The number of rotatable bonds is 8. The van der Waals surface area contributed by atoms with Gasteiger partial charge in [0, 0.05) is 28.6 Å². The van der Waals surface area contributed by atoms with Gasteiger partial charge in [-0.25, -0.2) is 0 Å². The van der Waals surface area contributed by atoms with Crippen LogP contribution < -0.4 is 19.9 Å². The Balaban J connectivity index is 0.000000290. The fraction of sp³-hybridized carbons (Fsp3) is 0.455. The summed E-state index contributed by atoms with van der Waals surface area (Å²) in [4.78, 5) is 13.8. The number of para-hydroxylation sites is 1. The van der Waals surface area contributed by atoms with E-state index in [-0.39, 0.29) is 41.1 Å². The van der Waals surface area contributed by atoms with Gasteiger partial charge in [0.2, 0.25) is 0 Å². The van der Waals surface area contributed by atoms with Crippen LogP contribution in [-0.2, 0) is 39.4 Å². The number of benzene rings is 2. The molecule has 0 saturated heterocycles. The first-order chi connectivity index (χ1) is 19.7. The Morgan fingerprint density at radius 2 is 1.49 bits per heavy atom. The van der Waals surface area contributed by atoms with E-state index in [1.807, 2.05) is 0 Å². The van der Waals surface area contributed by atoms with Crippen molar-refractivity contribution in [2.45, 2.75) is 82.1 Å². The first-order valence-electron chi connectivity index (χ1n) is 14.6. The SMILES string of the molecule is CN(C)c1ccccc1[PH+](C1CCCCC1)C1CCCCC1.O=c1c[c-]ccn1Cc1ccc(OS(=O)(=O)F)cc1.[Au+3].[CH3-]. The van der Waals surface area contributed by atoms with E-state index in [0.717, 1.165) is 16.9 Å². The van der Waals surface area contributed by atoms with Crippen molar-refractivity contribution < 1.29 is 38.9 Å². The van der Waals surface area contributed by atoms with Crippen molar-refractivity contribution in [3.8, 4) is 5.75 Å². The van der Waals surface area contributed by atoms with Crippen molar-refractivity contribution in [1.82, 2.24) is 4.57 Å². The Kier molecular flexibility index (Phi) is 15.7. The van der Waals surface area contributed by atoms with Crippen LogP contribution in [0.4, 0.5) is 9.57 Å². The second-order valence-electron chi connectivity index (χ2n) is 11.3. The number of hydrogen-bond acceptors (Lipinski definition) is 5. The average molecular weight is 813 g/mol. The zero-order chi connectivity index (χ0) is 29.2. The summed E-state index contributed by atoms with van der Waals surface area (Å²) in [7, 11) is -1.01. The molecule has 2 fully saturated rings. The summed E-state index contributed by atoms with van der Waals surface area (Å²) in [5, 5.41) is 1.75. The third-order valence-electron chi connectivity index (χ3n) is 8.10. The van der Waals surface area contributed by atoms with Crippen molar-refractivity contribution in [3.05, 3.63) is 96.3 Å². The quantitative estimate of drug-likeness (QED) is 0.106. The van der Waals surface area contributed by atoms with Crippen LogP contribution in [0.15, 0.2) is 71.7 Å². The molecule has 0 radical (unpaired) electrons. The predicted molar refractivity (Wildman–Crippen MR) is 175 cm³/mol. The molecule has 10 heteroatoms. The Hall–Kier alpha value is -1.96. The minimum Gasteiger partial charge on any atom is -0.417 e. The maximum Gasteiger partial charge on any atom is 3.00 e. The molecule has 238 valence electrons. The molecule has 6 nitrogen and oxygen atoms in total. The third-order valence-corrected chi connectivity index (χ3v) is 12.4. The van der Waals surface area contributed by atoms with Gasteiger partial charge in [0.15, 0.2) is 0 Å². The summed E-state index contributed by atoms with van der Waals surface area (Å²) in [5.74, 6) is -0.125. The molecule has 2 aliphatic carbocycles. The zero-order valence-corrected chi connectivity index (χ0v) is 29.4. The van der Waals surface area contributed by atoms with Gasteiger partial charge in [0.25, 0.3) is 0 Å². The number of hydrogen-bond donors (Lipinski definition) is 0. The first kappa shape index (κ1) is 37.2. The first-order valence-corrected chi connectivity index (χ1v) is 17.6. The molecule has 1 aromatic heterocycles. The third kappa shape index (κ3) is 11.5. The molecule has 2 aromatic carbocycles. The fourth-order valence-corrected chi connectivity index (χ4v) is 11.0. The van der Waals surface area contributed by atoms with Crippen LogP contribution in [0.2, 0.25) is 0 Å². The van der Waals surface area contributed by atoms with E-state index in [4.69, 9.17) is 0 Å². The summed E-state index contributed by atoms with van der Waals surface area (Å²) in [6.45, 7) is 0.316. The predicted octanol–water partition coefficient (Wildman–Crippen LogP) is 7.00. The second-order valence-corrected chi connectivity index (χ2v) is 15.3. The molecule has 0 amide bonds. The molecule has 3 aromatic rings. The second kappa shape index (κ2) is 18.1. The molecule has 43 heavy (non-hydrogen) atoms. The molecular weight excluding hydrogens is 767 g/mol. The van der Waals surface area contributed by atoms with Crippen LogP contribution in [0.25, 0.3) is 0 Å². The van der Waals surface area contributed by atoms with E-state index < -0.39 is 18.4 Å². The standard InChI is InChI=1S/C20H32NP.C12H9FNO4S.CH3.Au/c1-21(2)19-15-9-10-16-20(19)22(17-11-5-3-6-12-17)18-13-7-4-8-14-18;13-19(16,17)18-11-6-4-10(5-7-11)9-14-8-2-1-3-12(14)15;;/h9-10,15-18H,3-8,11-14H2,1-2H3;2-8H,9H2;1H3;/q;2*-1;+3/p+1. The number of anilines is 1. The average Bonchev–Trinajstić information content (AvgIpc) is 2.96. The molecule has 2 aliphatic rings. The Labute approximate surface area is 274 Å². The van der Waals surface area contributed by atoms with Crippen LogP contribution in [0.5, 0.6) is 5.75 Å². The topological polar surface area (TPSA) is 68.6 Å². The van der Waals surface area contributed by atoms with Crippen LogP contribution in [0.1, 0.15) is 69.8 Å². The van der Waals surface area contributed by atoms with Crippen LogP contribution in [0.3, 0.4) is 0 Å². The van der Waals surface area contributed by atoms with Gasteiger partial charge in [0.05, 0.1) is 17.0 Å². The summed E-state index contributed by atoms with van der Waals surface area (Å²) >= 11 is 0. The fourth-order valence-electron chi connectivity index (χ4n) is 6.21. The summed E-state index contributed by atoms with van der Waals surface area (Å²) in [5.41, 5.74) is 4.12. The van der Waals surface area contributed by atoms with Crippen LogP contribution in [0, 0.1) is 13.5 Å². The molecule has 0 N–H and O–H groups in total. The monoisotopic (exact) mass is 812 g/mol. The van der Waals surface area contributed by atoms with Crippen molar-refractivity contribution in [3.63, 3.8) is 0 Å². The van der Waals surface area contributed by atoms with E-state index in [0.29, 0.717) is 6.54 Å². The van der Waals surface area contributed by atoms with Crippen LogP contribution >= 0.6 is 7.92 Å². The van der Waals surface area contributed by atoms with Crippen molar-refractivity contribution in [2.75, 3.05) is 19.0 Å². The molecule has 0 bridgehead atoms. The summed E-state index contributed by atoms with van der Waals surface area (Å²) in [6, 6.07) is 20.6. The van der Waals surface area contributed by atoms with Crippen molar-refractivity contribution >= 4 is 29.4 Å². The smallest absolute Gasteiger partial charge is 0.417 e. The van der Waals surface area contributed by atoms with E-state index in [1.54, 1.807) is 29.7 Å². The molecule has 5 rings (SSSR count). The van der Waals surface area contributed by atoms with Gasteiger partial charge in [-0.3, -0.25) is 0 Å². The maximum atomic E-state index is 12.3. The van der Waals surface area contributed by atoms with Gasteiger partial charge in [-0.05, 0) is 81.2 Å². The Morgan fingerprint density at radius 3 is 2.00 bits per heavy atom. The summed E-state index contributed by atoms with van der Waals surface area (Å²) in [6.07, 6.45) is 16.5. The normalized spacial score (nSPS) is 15.8. The van der Waals surface area contributed by atoms with E-state index >= 15 is 0 Å². The Bertz CT molecular complexity index is 1390. The molecule has 0 spiro atoms. The largest absolute Gasteiger partial charge is 3.00 e. The van der Waals surface area contributed by atoms with Gasteiger partial charge in [0.1, 0.15) is 16.6 Å². The Morgan fingerprint density at radius 1 is 0.930 bits per heavy atom. The van der Waals surface area contributed by atoms with Crippen molar-refractivity contribution in [2.24, 2.45) is 0 Å². The van der Waals surface area contributed by atoms with E-state index in [1.165, 1.54) is 92.7 Å². The van der Waals surface area contributed by atoms with Crippen molar-refractivity contribution in [1.29, 1.82) is 0 Å². The van der Waals surface area contributed by atoms with Gasteiger partial charge in [-0.2, -0.15) is 20.6 Å². The van der Waals surface area contributed by atoms with Gasteiger partial charge in [-0.1, -0.05) is 41.0 Å². The number of nitrogens with zero attached hydrogens (tertiary/aromatic N) is 2. The molecule has 2 saturated carbocycles. The maximum absolute atomic E-state index is 12.3. The number of halogens is 1. The van der Waals surface area contributed by atoms with Gasteiger partial charge < -0.3 is 25.9 Å². The van der Waals surface area contributed by atoms with Crippen LogP contribution in [-0.4, -0.2) is 38.4 Å². The van der Waals surface area contributed by atoms with Gasteiger partial charge >= 0.3 is 32.9 Å². The minimum absolute atomic E-state index is 0. The zero-order valence-electron chi connectivity index (χ0n) is 25.4. The molecule has 1 heterocycles. The number of aromatic nitrogens is 1. The van der Waals surface area contributed by atoms with Gasteiger partial charge in [-0.15, -0.1) is 12.3 Å².